The molecule has 0 saturated carbocycles. The molecule has 0 unspecified atom stereocenters. The van der Waals surface area contributed by atoms with Crippen LogP contribution in [0.15, 0.2) is 4.99 Å². The minimum atomic E-state index is -0.765. The summed E-state index contributed by atoms with van der Waals surface area (Å²) in [6.07, 6.45) is 2.50. The van der Waals surface area contributed by atoms with Crippen LogP contribution in [0.4, 0.5) is 0 Å². The summed E-state index contributed by atoms with van der Waals surface area (Å²) < 4.78 is 0. The monoisotopic (exact) mass is 363 g/mol. The Labute approximate surface area is 146 Å². The molecule has 10 nitrogen and oxygen atoms in total. The maximum atomic E-state index is 12.1. The molecular formula is C13H26ClN7O3. The number of aliphatic imine (C=N–C) groups is 1. The van der Waals surface area contributed by atoms with Crippen molar-refractivity contribution in [2.24, 2.45) is 22.2 Å². The zero-order valence-electron chi connectivity index (χ0n) is 13.4. The summed E-state index contributed by atoms with van der Waals surface area (Å²) in [5.41, 5.74) is 15.5. The van der Waals surface area contributed by atoms with Crippen molar-refractivity contribution >= 4 is 36.1 Å². The Bertz CT molecular complexity index is 462. The average molecular weight is 364 g/mol. The lowest BCUT2D eigenvalue weighted by Crippen LogP contribution is -2.52. The smallest absolute Gasteiger partial charge is 0.243 e. The van der Waals surface area contributed by atoms with E-state index in [1.54, 1.807) is 0 Å². The third-order valence-electron chi connectivity index (χ3n) is 3.39. The van der Waals surface area contributed by atoms with E-state index in [4.69, 9.17) is 17.2 Å². The number of nitrogens with zero attached hydrogens (tertiary/aromatic N) is 1. The number of amides is 3. The van der Waals surface area contributed by atoms with Crippen molar-refractivity contribution in [2.45, 2.75) is 37.8 Å². The van der Waals surface area contributed by atoms with Crippen molar-refractivity contribution in [2.75, 3.05) is 19.6 Å². The van der Waals surface area contributed by atoms with Gasteiger partial charge in [-0.15, -0.1) is 12.4 Å². The maximum absolute atomic E-state index is 12.1. The fourth-order valence-corrected chi connectivity index (χ4v) is 2.25. The van der Waals surface area contributed by atoms with E-state index in [1.165, 1.54) is 0 Å². The summed E-state index contributed by atoms with van der Waals surface area (Å²) in [5.74, 6) is -1.37. The molecular weight excluding hydrogens is 338 g/mol. The van der Waals surface area contributed by atoms with Gasteiger partial charge in [0.25, 0.3) is 0 Å². The summed E-state index contributed by atoms with van der Waals surface area (Å²) in [6.45, 7) is 0.849. The summed E-state index contributed by atoms with van der Waals surface area (Å²) >= 11 is 0. The molecule has 0 aromatic heterocycles. The van der Waals surface area contributed by atoms with Gasteiger partial charge in [0.15, 0.2) is 5.96 Å². The Morgan fingerprint density at radius 1 is 1.25 bits per heavy atom. The van der Waals surface area contributed by atoms with Gasteiger partial charge in [-0.1, -0.05) is 0 Å². The van der Waals surface area contributed by atoms with Gasteiger partial charge in [-0.25, -0.2) is 0 Å². The van der Waals surface area contributed by atoms with Gasteiger partial charge in [0.1, 0.15) is 6.04 Å². The van der Waals surface area contributed by atoms with Gasteiger partial charge in [-0.05, 0) is 32.2 Å². The van der Waals surface area contributed by atoms with Gasteiger partial charge < -0.3 is 33.2 Å². The normalized spacial score (nSPS) is 17.2. The number of nitrogens with one attached hydrogen (secondary N) is 3. The van der Waals surface area contributed by atoms with Crippen molar-refractivity contribution in [3.63, 3.8) is 0 Å². The molecule has 9 N–H and O–H groups in total. The molecule has 0 spiro atoms. The minimum absolute atomic E-state index is 0. The molecule has 0 aromatic carbocycles. The molecule has 24 heavy (non-hydrogen) atoms. The Balaban J connectivity index is 0.00000529. The Morgan fingerprint density at radius 2 is 1.96 bits per heavy atom. The number of hydrogen-bond donors (Lipinski definition) is 6. The second kappa shape index (κ2) is 11.5. The summed E-state index contributed by atoms with van der Waals surface area (Å²) in [6, 6.07) is -1.06. The van der Waals surface area contributed by atoms with Crippen LogP contribution in [0.2, 0.25) is 0 Å². The van der Waals surface area contributed by atoms with E-state index in [-0.39, 0.29) is 36.9 Å². The van der Waals surface area contributed by atoms with Crippen LogP contribution in [0.1, 0.15) is 25.7 Å². The maximum Gasteiger partial charge on any atom is 0.243 e. The van der Waals surface area contributed by atoms with Gasteiger partial charge in [-0.2, -0.15) is 0 Å². The van der Waals surface area contributed by atoms with E-state index in [2.05, 4.69) is 20.9 Å². The predicted octanol–water partition coefficient (Wildman–Crippen LogP) is -2.70. The van der Waals surface area contributed by atoms with Crippen LogP contribution >= 0.6 is 12.4 Å². The summed E-state index contributed by atoms with van der Waals surface area (Å²) in [7, 11) is 0. The molecule has 0 aliphatic carbocycles. The second-order valence-corrected chi connectivity index (χ2v) is 5.34. The first-order valence-corrected chi connectivity index (χ1v) is 7.55. The van der Waals surface area contributed by atoms with Crippen molar-refractivity contribution in [3.05, 3.63) is 0 Å². The van der Waals surface area contributed by atoms with Crippen LogP contribution in [0.3, 0.4) is 0 Å². The third-order valence-corrected chi connectivity index (χ3v) is 3.39. The third kappa shape index (κ3) is 8.53. The minimum Gasteiger partial charge on any atom is -0.370 e. The molecule has 1 aliphatic rings. The van der Waals surface area contributed by atoms with E-state index in [0.29, 0.717) is 19.4 Å². The van der Waals surface area contributed by atoms with Crippen molar-refractivity contribution in [3.8, 4) is 0 Å². The van der Waals surface area contributed by atoms with Crippen LogP contribution < -0.4 is 33.2 Å². The van der Waals surface area contributed by atoms with Crippen LogP contribution in [-0.2, 0) is 14.4 Å². The van der Waals surface area contributed by atoms with Crippen LogP contribution in [-0.4, -0.2) is 55.4 Å². The predicted molar refractivity (Wildman–Crippen MR) is 92.3 cm³/mol. The second-order valence-electron chi connectivity index (χ2n) is 5.34. The van der Waals surface area contributed by atoms with Crippen LogP contribution in [0.25, 0.3) is 0 Å². The molecule has 1 saturated heterocycles. The number of hydrogen-bond acceptors (Lipinski definition) is 5. The quantitative estimate of drug-likeness (QED) is 0.147. The zero-order valence-corrected chi connectivity index (χ0v) is 14.2. The standard InChI is InChI=1S/C13H25N7O3.ClH/c14-10(21)7-19-11(22)9(4-2-6-18-13(15)16)20-12(23)8-3-1-5-17-8;/h8-9,17H,1-7H2,(H2,14,21)(H,19,22)(H,20,23)(H4,15,16,18);1H/t8-,9-;/m0./s1. The van der Waals surface area contributed by atoms with Crippen molar-refractivity contribution in [1.82, 2.24) is 16.0 Å². The largest absolute Gasteiger partial charge is 0.370 e. The van der Waals surface area contributed by atoms with Crippen molar-refractivity contribution in [1.29, 1.82) is 0 Å². The zero-order chi connectivity index (χ0) is 17.2. The molecule has 1 heterocycles. The number of carbonyl (C=O) groups excluding carboxylic acids is 3. The van der Waals surface area contributed by atoms with Gasteiger partial charge in [0.2, 0.25) is 17.7 Å². The Hall–Kier alpha value is -2.07. The van der Waals surface area contributed by atoms with E-state index in [9.17, 15) is 14.4 Å². The highest BCUT2D eigenvalue weighted by Gasteiger charge is 2.27. The molecule has 3 amide bonds. The van der Waals surface area contributed by atoms with E-state index in [0.717, 1.165) is 19.4 Å². The fraction of sp³-hybridized carbons (Fsp3) is 0.692. The molecule has 1 fully saturated rings. The van der Waals surface area contributed by atoms with Gasteiger partial charge in [0.05, 0.1) is 12.6 Å². The molecule has 2 atom stereocenters. The molecule has 1 rings (SSSR count). The van der Waals surface area contributed by atoms with Crippen molar-refractivity contribution < 1.29 is 14.4 Å². The number of nitrogens with two attached hydrogens (primary N) is 3. The highest BCUT2D eigenvalue weighted by molar-refractivity contribution is 5.91. The van der Waals surface area contributed by atoms with E-state index in [1.807, 2.05) is 0 Å². The first-order valence-electron chi connectivity index (χ1n) is 7.55. The number of halogens is 1. The lowest BCUT2D eigenvalue weighted by Gasteiger charge is -2.20. The number of primary amides is 1. The number of rotatable bonds is 9. The first kappa shape index (κ1) is 21.9. The van der Waals surface area contributed by atoms with E-state index < -0.39 is 17.9 Å². The summed E-state index contributed by atoms with van der Waals surface area (Å²) in [4.78, 5) is 38.8. The molecule has 0 radical (unpaired) electrons. The van der Waals surface area contributed by atoms with Crippen LogP contribution in [0, 0.1) is 0 Å². The SMILES string of the molecule is Cl.NC(=O)CNC(=O)[C@H](CCCN=C(N)N)NC(=O)[C@@H]1CCCN1. The number of guanidine groups is 1. The van der Waals surface area contributed by atoms with Crippen LogP contribution in [0.5, 0.6) is 0 Å². The molecule has 11 heteroatoms. The highest BCUT2D eigenvalue weighted by Crippen LogP contribution is 2.06. The number of carbonyl (C=O) groups is 3. The molecule has 1 aliphatic heterocycles. The molecule has 0 bridgehead atoms. The topological polar surface area (TPSA) is 178 Å². The first-order chi connectivity index (χ1) is 10.9. The van der Waals surface area contributed by atoms with Gasteiger partial charge in [0, 0.05) is 6.54 Å². The average Bonchev–Trinajstić information content (AvgIpc) is 3.01. The molecule has 0 aromatic rings. The lowest BCUT2D eigenvalue weighted by atomic mass is 10.1. The summed E-state index contributed by atoms with van der Waals surface area (Å²) in [5, 5.41) is 8.15. The highest BCUT2D eigenvalue weighted by atomic mass is 35.5. The lowest BCUT2D eigenvalue weighted by molar-refractivity contribution is -0.130. The van der Waals surface area contributed by atoms with E-state index >= 15 is 0 Å². The molecule has 138 valence electrons. The van der Waals surface area contributed by atoms with Gasteiger partial charge >= 0.3 is 0 Å². The van der Waals surface area contributed by atoms with Gasteiger partial charge in [-0.3, -0.25) is 19.4 Å². The Kier molecular flexibility index (Phi) is 10.5. The Morgan fingerprint density at radius 3 is 2.50 bits per heavy atom. The fourth-order valence-electron chi connectivity index (χ4n) is 2.25.